The molecule has 14 heavy (non-hydrogen) atoms. The molecule has 0 nitrogen and oxygen atoms in total. The SMILES string of the molecule is CCCCC[P+](C)(C)C.F[B-](F)(F)F. The molecule has 0 amide bonds. The van der Waals surface area contributed by atoms with Crippen LogP contribution in [-0.4, -0.2) is 33.4 Å². The van der Waals surface area contributed by atoms with Gasteiger partial charge in [-0.05, 0) is 6.42 Å². The van der Waals surface area contributed by atoms with Crippen LogP contribution in [0.15, 0.2) is 0 Å². The van der Waals surface area contributed by atoms with Gasteiger partial charge in [0.05, 0.1) is 6.16 Å². The normalized spacial score (nSPS) is 12.0. The summed E-state index contributed by atoms with van der Waals surface area (Å²) in [6.45, 7) is 9.52. The second-order valence-electron chi connectivity index (χ2n) is 4.22. The van der Waals surface area contributed by atoms with Crippen molar-refractivity contribution >= 4 is 14.5 Å². The molecule has 0 bridgehead atoms. The summed E-state index contributed by atoms with van der Waals surface area (Å²) < 4.78 is 39.0. The van der Waals surface area contributed by atoms with E-state index in [0.717, 1.165) is 0 Å². The van der Waals surface area contributed by atoms with E-state index in [4.69, 9.17) is 0 Å². The predicted octanol–water partition coefficient (Wildman–Crippen LogP) is 4.38. The van der Waals surface area contributed by atoms with Gasteiger partial charge in [0.15, 0.2) is 0 Å². The highest BCUT2D eigenvalue weighted by Gasteiger charge is 2.20. The molecular formula is C8H20BF4P. The smallest absolute Gasteiger partial charge is 0.418 e. The molecule has 88 valence electrons. The van der Waals surface area contributed by atoms with Crippen molar-refractivity contribution in [3.63, 3.8) is 0 Å². The van der Waals surface area contributed by atoms with Gasteiger partial charge in [-0.25, -0.2) is 0 Å². The quantitative estimate of drug-likeness (QED) is 0.293. The van der Waals surface area contributed by atoms with Gasteiger partial charge in [-0.1, -0.05) is 19.8 Å². The minimum atomic E-state index is -6.00. The van der Waals surface area contributed by atoms with Gasteiger partial charge in [0.25, 0.3) is 0 Å². The molecule has 0 radical (unpaired) electrons. The van der Waals surface area contributed by atoms with Crippen LogP contribution in [0.1, 0.15) is 26.2 Å². The highest BCUT2D eigenvalue weighted by molar-refractivity contribution is 7.73. The summed E-state index contributed by atoms with van der Waals surface area (Å²) in [5, 5.41) is 0. The third kappa shape index (κ3) is 39.8. The van der Waals surface area contributed by atoms with Crippen LogP contribution >= 0.6 is 7.26 Å². The zero-order valence-electron chi connectivity index (χ0n) is 9.36. The van der Waals surface area contributed by atoms with Crippen molar-refractivity contribution in [1.29, 1.82) is 0 Å². The summed E-state index contributed by atoms with van der Waals surface area (Å²) in [4.78, 5) is 0. The molecule has 0 aliphatic heterocycles. The van der Waals surface area contributed by atoms with E-state index in [2.05, 4.69) is 26.9 Å². The molecule has 0 aromatic carbocycles. The molecule has 6 heteroatoms. The van der Waals surface area contributed by atoms with Crippen molar-refractivity contribution in [2.75, 3.05) is 26.2 Å². The largest absolute Gasteiger partial charge is 0.673 e. The average molecular weight is 234 g/mol. The molecule has 0 fully saturated rings. The lowest BCUT2D eigenvalue weighted by Crippen LogP contribution is -2.02. The maximum absolute atomic E-state index is 9.75. The lowest BCUT2D eigenvalue weighted by atomic mass is 10.3. The number of hydrogen-bond acceptors (Lipinski definition) is 0. The van der Waals surface area contributed by atoms with Crippen LogP contribution in [0.3, 0.4) is 0 Å². The molecule has 0 aromatic rings. The maximum atomic E-state index is 9.75. The first-order valence-electron chi connectivity index (χ1n) is 4.74. The van der Waals surface area contributed by atoms with Gasteiger partial charge in [0.2, 0.25) is 0 Å². The lowest BCUT2D eigenvalue weighted by molar-refractivity contribution is 0.368. The molecule has 0 rings (SSSR count). The van der Waals surface area contributed by atoms with E-state index in [1.54, 1.807) is 0 Å². The van der Waals surface area contributed by atoms with Crippen LogP contribution in [-0.2, 0) is 0 Å². The van der Waals surface area contributed by atoms with Crippen molar-refractivity contribution < 1.29 is 17.3 Å². The fraction of sp³-hybridized carbons (Fsp3) is 1.00. The Bertz CT molecular complexity index is 124. The molecule has 0 heterocycles. The van der Waals surface area contributed by atoms with Crippen molar-refractivity contribution in [3.05, 3.63) is 0 Å². The standard InChI is InChI=1S/C8H20P.BF4/c1-5-6-7-8-9(2,3)4;2-1(3,4)5/h5-8H2,1-4H3;/q+1;-1. The highest BCUT2D eigenvalue weighted by Crippen LogP contribution is 2.47. The highest BCUT2D eigenvalue weighted by atomic mass is 31.2. The topological polar surface area (TPSA) is 0 Å². The third-order valence-corrected chi connectivity index (χ3v) is 3.09. The summed E-state index contributed by atoms with van der Waals surface area (Å²) in [5.74, 6) is 0. The van der Waals surface area contributed by atoms with Gasteiger partial charge in [-0.15, -0.1) is 0 Å². The molecule has 0 saturated carbocycles. The number of halogens is 4. The zero-order valence-corrected chi connectivity index (χ0v) is 10.3. The monoisotopic (exact) mass is 234 g/mol. The Morgan fingerprint density at radius 1 is 0.929 bits per heavy atom. The van der Waals surface area contributed by atoms with E-state index in [1.807, 2.05) is 0 Å². The Hall–Kier alpha value is 0.215. The van der Waals surface area contributed by atoms with E-state index in [1.165, 1.54) is 25.4 Å². The Kier molecular flexibility index (Phi) is 8.91. The Morgan fingerprint density at radius 3 is 1.50 bits per heavy atom. The van der Waals surface area contributed by atoms with Crippen LogP contribution in [0, 0.1) is 0 Å². The summed E-state index contributed by atoms with van der Waals surface area (Å²) in [6.07, 6.45) is 5.73. The minimum absolute atomic E-state index is 0.445. The second-order valence-corrected chi connectivity index (χ2v) is 9.24. The second kappa shape index (κ2) is 7.50. The van der Waals surface area contributed by atoms with Crippen molar-refractivity contribution in [3.8, 4) is 0 Å². The van der Waals surface area contributed by atoms with E-state index < -0.39 is 14.5 Å². The molecule has 0 aliphatic carbocycles. The van der Waals surface area contributed by atoms with Gasteiger partial charge >= 0.3 is 7.25 Å². The van der Waals surface area contributed by atoms with Crippen LogP contribution in [0.25, 0.3) is 0 Å². The molecule has 0 unspecified atom stereocenters. The summed E-state index contributed by atoms with van der Waals surface area (Å²) >= 11 is 0. The fourth-order valence-electron chi connectivity index (χ4n) is 0.836. The van der Waals surface area contributed by atoms with Gasteiger partial charge in [0.1, 0.15) is 0 Å². The first-order chi connectivity index (χ1) is 6.06. The molecule has 0 spiro atoms. The number of hydrogen-bond donors (Lipinski definition) is 0. The van der Waals surface area contributed by atoms with Gasteiger partial charge < -0.3 is 17.3 Å². The van der Waals surface area contributed by atoms with E-state index >= 15 is 0 Å². The molecular weight excluding hydrogens is 214 g/mol. The van der Waals surface area contributed by atoms with Crippen molar-refractivity contribution in [1.82, 2.24) is 0 Å². The summed E-state index contributed by atoms with van der Waals surface area (Å²) in [5.41, 5.74) is 0. The van der Waals surface area contributed by atoms with Gasteiger partial charge in [0, 0.05) is 27.3 Å². The minimum Gasteiger partial charge on any atom is -0.418 e. The van der Waals surface area contributed by atoms with Crippen LogP contribution < -0.4 is 0 Å². The average Bonchev–Trinajstić information content (AvgIpc) is 1.80. The van der Waals surface area contributed by atoms with Gasteiger partial charge in [-0.3, -0.25) is 0 Å². The Morgan fingerprint density at radius 2 is 1.29 bits per heavy atom. The van der Waals surface area contributed by atoms with E-state index in [9.17, 15) is 17.3 Å². The Labute approximate surface area is 84.9 Å². The first-order valence-corrected chi connectivity index (χ1v) is 8.05. The zero-order chi connectivity index (χ0) is 11.8. The summed E-state index contributed by atoms with van der Waals surface area (Å²) in [6, 6.07) is 0. The molecule has 0 aliphatic rings. The van der Waals surface area contributed by atoms with Crippen molar-refractivity contribution in [2.45, 2.75) is 26.2 Å². The summed E-state index contributed by atoms with van der Waals surface area (Å²) in [7, 11) is -6.45. The van der Waals surface area contributed by atoms with E-state index in [-0.39, 0.29) is 0 Å². The lowest BCUT2D eigenvalue weighted by Gasteiger charge is -2.10. The van der Waals surface area contributed by atoms with Crippen LogP contribution in [0.4, 0.5) is 17.3 Å². The molecule has 0 aromatic heterocycles. The third-order valence-electron chi connectivity index (χ3n) is 1.43. The van der Waals surface area contributed by atoms with Crippen LogP contribution in [0.2, 0.25) is 0 Å². The maximum Gasteiger partial charge on any atom is 0.673 e. The van der Waals surface area contributed by atoms with Crippen molar-refractivity contribution in [2.24, 2.45) is 0 Å². The van der Waals surface area contributed by atoms with E-state index in [0.29, 0.717) is 0 Å². The molecule has 0 saturated heterocycles. The predicted molar refractivity (Wildman–Crippen MR) is 59.3 cm³/mol. The molecule has 0 N–H and O–H groups in total. The number of rotatable bonds is 4. The fourth-order valence-corrected chi connectivity index (χ4v) is 2.01. The molecule has 0 atom stereocenters. The Balaban J connectivity index is 0. The first kappa shape index (κ1) is 16.6. The number of unbranched alkanes of at least 4 members (excludes halogenated alkanes) is 2. The van der Waals surface area contributed by atoms with Gasteiger partial charge in [-0.2, -0.15) is 0 Å². The van der Waals surface area contributed by atoms with Crippen LogP contribution in [0.5, 0.6) is 0 Å².